The van der Waals surface area contributed by atoms with E-state index in [-0.39, 0.29) is 24.0 Å². The zero-order valence-electron chi connectivity index (χ0n) is 9.71. The van der Waals surface area contributed by atoms with Gasteiger partial charge in [0.15, 0.2) is 0 Å². The van der Waals surface area contributed by atoms with Gasteiger partial charge >= 0.3 is 0 Å². The molecule has 1 fully saturated rings. The lowest BCUT2D eigenvalue weighted by Gasteiger charge is -2.16. The van der Waals surface area contributed by atoms with E-state index in [9.17, 15) is 13.2 Å². The fraction of sp³-hybridized carbons (Fsp3) is 0.400. The van der Waals surface area contributed by atoms with E-state index in [2.05, 4.69) is 43.5 Å². The monoisotopic (exact) mass is 459 g/mol. The maximum atomic E-state index is 11.9. The van der Waals surface area contributed by atoms with Crippen LogP contribution in [0.15, 0.2) is 16.7 Å². The number of sulfonamides is 1. The zero-order chi connectivity index (χ0) is 14.2. The van der Waals surface area contributed by atoms with E-state index in [4.69, 9.17) is 5.14 Å². The maximum Gasteiger partial charge on any atom is 0.228 e. The zero-order valence-corrected chi connectivity index (χ0v) is 14.3. The summed E-state index contributed by atoms with van der Waals surface area (Å²) in [5.74, 6) is -0.0633. The van der Waals surface area contributed by atoms with Gasteiger partial charge in [-0.3, -0.25) is 9.69 Å². The fourth-order valence-corrected chi connectivity index (χ4v) is 3.50. The number of hydrogen-bond donors (Lipinski definition) is 1. The summed E-state index contributed by atoms with van der Waals surface area (Å²) in [6.45, 7) is 0.329. The number of aromatic nitrogens is 1. The van der Waals surface area contributed by atoms with Crippen molar-refractivity contribution in [1.82, 2.24) is 4.98 Å². The first-order chi connectivity index (χ1) is 8.76. The molecule has 0 aromatic carbocycles. The van der Waals surface area contributed by atoms with Gasteiger partial charge in [-0.05, 0) is 50.7 Å². The number of primary sulfonamides is 1. The van der Waals surface area contributed by atoms with E-state index in [1.165, 1.54) is 4.90 Å². The van der Waals surface area contributed by atoms with Gasteiger partial charge in [-0.25, -0.2) is 18.5 Å². The van der Waals surface area contributed by atoms with Crippen molar-refractivity contribution in [2.45, 2.75) is 6.42 Å². The molecule has 1 amide bonds. The normalized spacial score (nSPS) is 20.1. The van der Waals surface area contributed by atoms with Gasteiger partial charge in [-0.1, -0.05) is 0 Å². The Morgan fingerprint density at radius 3 is 2.79 bits per heavy atom. The number of carbonyl (C=O) groups excluding carboxylic acids is 1. The third kappa shape index (κ3) is 3.86. The summed E-state index contributed by atoms with van der Waals surface area (Å²) in [5, 5.41) is 5.01. The summed E-state index contributed by atoms with van der Waals surface area (Å²) in [4.78, 5) is 17.7. The molecule has 2 heterocycles. The van der Waals surface area contributed by atoms with Crippen LogP contribution in [0.2, 0.25) is 0 Å². The largest absolute Gasteiger partial charge is 0.296 e. The van der Waals surface area contributed by atoms with E-state index in [0.717, 1.165) is 3.57 Å². The highest BCUT2D eigenvalue weighted by molar-refractivity contribution is 14.1. The van der Waals surface area contributed by atoms with Crippen LogP contribution in [-0.2, 0) is 14.8 Å². The van der Waals surface area contributed by atoms with Gasteiger partial charge in [0.05, 0.1) is 5.75 Å². The predicted octanol–water partition coefficient (Wildman–Crippen LogP) is 1.09. The Morgan fingerprint density at radius 1 is 1.53 bits per heavy atom. The van der Waals surface area contributed by atoms with Gasteiger partial charge in [-0.15, -0.1) is 0 Å². The third-order valence-electron chi connectivity index (χ3n) is 2.74. The smallest absolute Gasteiger partial charge is 0.228 e. The van der Waals surface area contributed by atoms with Crippen molar-refractivity contribution >= 4 is 60.3 Å². The minimum absolute atomic E-state index is 0.130. The van der Waals surface area contributed by atoms with Gasteiger partial charge in [0.25, 0.3) is 0 Å². The molecule has 1 unspecified atom stereocenters. The predicted molar refractivity (Wildman–Crippen MR) is 83.1 cm³/mol. The number of nitrogens with zero attached hydrogens (tertiary/aromatic N) is 2. The lowest BCUT2D eigenvalue weighted by Crippen LogP contribution is -2.28. The van der Waals surface area contributed by atoms with Crippen LogP contribution >= 0.6 is 38.5 Å². The lowest BCUT2D eigenvalue weighted by atomic mass is 10.1. The molecule has 2 N–H and O–H groups in total. The lowest BCUT2D eigenvalue weighted by molar-refractivity contribution is -0.117. The van der Waals surface area contributed by atoms with E-state index < -0.39 is 10.0 Å². The van der Waals surface area contributed by atoms with E-state index >= 15 is 0 Å². The molecule has 1 aliphatic heterocycles. The average Bonchev–Trinajstić information content (AvgIpc) is 2.61. The second-order valence-corrected chi connectivity index (χ2v) is 7.92. The summed E-state index contributed by atoms with van der Waals surface area (Å²) in [5.41, 5.74) is 0. The number of pyridine rings is 1. The van der Waals surface area contributed by atoms with Gasteiger partial charge < -0.3 is 0 Å². The van der Waals surface area contributed by atoms with Crippen molar-refractivity contribution in [1.29, 1.82) is 0 Å². The molecule has 1 aromatic rings. The first-order valence-electron chi connectivity index (χ1n) is 5.39. The molecule has 104 valence electrons. The van der Waals surface area contributed by atoms with Crippen LogP contribution < -0.4 is 10.0 Å². The SMILES string of the molecule is NS(=O)(=O)CC1CC(=O)N(c2ccc(I)c(Br)n2)C1. The number of anilines is 1. The fourth-order valence-electron chi connectivity index (χ4n) is 2.00. The number of carbonyl (C=O) groups is 1. The molecule has 0 aliphatic carbocycles. The molecular weight excluding hydrogens is 449 g/mol. The number of rotatable bonds is 3. The number of amides is 1. The quantitative estimate of drug-likeness (QED) is 0.540. The van der Waals surface area contributed by atoms with Crippen LogP contribution in [0, 0.1) is 9.49 Å². The number of hydrogen-bond acceptors (Lipinski definition) is 4. The third-order valence-corrected chi connectivity index (χ3v) is 5.89. The van der Waals surface area contributed by atoms with Crippen LogP contribution in [0.3, 0.4) is 0 Å². The average molecular weight is 460 g/mol. The molecule has 1 aromatic heterocycles. The highest BCUT2D eigenvalue weighted by Gasteiger charge is 2.33. The molecule has 0 bridgehead atoms. The van der Waals surface area contributed by atoms with Crippen molar-refractivity contribution in [3.05, 3.63) is 20.3 Å². The van der Waals surface area contributed by atoms with Crippen LogP contribution in [0.5, 0.6) is 0 Å². The van der Waals surface area contributed by atoms with Crippen LogP contribution in [0.4, 0.5) is 5.82 Å². The van der Waals surface area contributed by atoms with Gasteiger partial charge in [0, 0.05) is 22.5 Å². The van der Waals surface area contributed by atoms with Gasteiger partial charge in [0.1, 0.15) is 10.4 Å². The van der Waals surface area contributed by atoms with E-state index in [1.807, 2.05) is 6.07 Å². The highest BCUT2D eigenvalue weighted by atomic mass is 127. The van der Waals surface area contributed by atoms with Crippen molar-refractivity contribution < 1.29 is 13.2 Å². The Balaban J connectivity index is 2.18. The summed E-state index contributed by atoms with van der Waals surface area (Å²) in [6, 6.07) is 3.58. The van der Waals surface area contributed by atoms with Gasteiger partial charge in [0.2, 0.25) is 15.9 Å². The Hall–Kier alpha value is -0.260. The number of nitrogens with two attached hydrogens (primary N) is 1. The second kappa shape index (κ2) is 5.62. The Morgan fingerprint density at radius 2 is 2.21 bits per heavy atom. The molecule has 9 heteroatoms. The molecule has 6 nitrogen and oxygen atoms in total. The Bertz CT molecular complexity index is 622. The first kappa shape index (κ1) is 15.1. The molecule has 0 spiro atoms. The standard InChI is InChI=1S/C10H11BrIN3O3S/c11-10-7(12)1-2-8(14-10)15-4-6(3-9(15)16)5-19(13,17)18/h1-2,6H,3-5H2,(H2,13,17,18). The van der Waals surface area contributed by atoms with E-state index in [1.54, 1.807) is 6.07 Å². The molecule has 1 aliphatic rings. The Kier molecular flexibility index (Phi) is 4.48. The second-order valence-electron chi connectivity index (χ2n) is 4.35. The van der Waals surface area contributed by atoms with Crippen LogP contribution in [0.25, 0.3) is 0 Å². The topological polar surface area (TPSA) is 93.4 Å². The highest BCUT2D eigenvalue weighted by Crippen LogP contribution is 2.27. The molecular formula is C10H11BrIN3O3S. The van der Waals surface area contributed by atoms with Crippen molar-refractivity contribution in [2.24, 2.45) is 11.1 Å². The maximum absolute atomic E-state index is 11.9. The molecule has 0 radical (unpaired) electrons. The molecule has 1 saturated heterocycles. The van der Waals surface area contributed by atoms with Crippen LogP contribution in [-0.4, -0.2) is 31.6 Å². The minimum Gasteiger partial charge on any atom is -0.296 e. The number of halogens is 2. The van der Waals surface area contributed by atoms with Crippen molar-refractivity contribution in [2.75, 3.05) is 17.2 Å². The molecule has 1 atom stereocenters. The first-order valence-corrected chi connectivity index (χ1v) is 8.98. The minimum atomic E-state index is -3.56. The summed E-state index contributed by atoms with van der Waals surface area (Å²) < 4.78 is 23.7. The summed E-state index contributed by atoms with van der Waals surface area (Å²) >= 11 is 5.43. The Labute approximate surface area is 133 Å². The van der Waals surface area contributed by atoms with Crippen molar-refractivity contribution in [3.8, 4) is 0 Å². The van der Waals surface area contributed by atoms with Crippen molar-refractivity contribution in [3.63, 3.8) is 0 Å². The molecule has 19 heavy (non-hydrogen) atoms. The molecule has 2 rings (SSSR count). The van der Waals surface area contributed by atoms with Crippen LogP contribution in [0.1, 0.15) is 6.42 Å². The summed E-state index contributed by atoms with van der Waals surface area (Å²) in [7, 11) is -3.56. The van der Waals surface area contributed by atoms with Gasteiger partial charge in [-0.2, -0.15) is 0 Å². The van der Waals surface area contributed by atoms with E-state index in [0.29, 0.717) is 17.0 Å². The molecule has 0 saturated carbocycles. The summed E-state index contributed by atoms with van der Waals surface area (Å²) in [6.07, 6.45) is 0.182.